The van der Waals surface area contributed by atoms with Crippen molar-refractivity contribution in [1.82, 2.24) is 24.5 Å². The summed E-state index contributed by atoms with van der Waals surface area (Å²) >= 11 is 0. The van der Waals surface area contributed by atoms with Gasteiger partial charge in [-0.05, 0) is 6.42 Å². The Morgan fingerprint density at radius 2 is 2.20 bits per heavy atom. The van der Waals surface area contributed by atoms with Gasteiger partial charge in [0, 0.05) is 38.6 Å². The quantitative estimate of drug-likeness (QED) is 0.825. The Balaban J connectivity index is 1.78. The van der Waals surface area contributed by atoms with Gasteiger partial charge in [0.15, 0.2) is 5.82 Å². The summed E-state index contributed by atoms with van der Waals surface area (Å²) in [6.45, 7) is 3.18. The molecule has 0 aliphatic carbocycles. The maximum Gasteiger partial charge on any atom is 0.317 e. The topological polar surface area (TPSA) is 86.9 Å². The number of fused-ring (bicyclic) bond motifs is 1. The van der Waals surface area contributed by atoms with Gasteiger partial charge in [-0.3, -0.25) is 14.1 Å². The second kappa shape index (κ2) is 5.41. The van der Waals surface area contributed by atoms with Crippen LogP contribution in [0.3, 0.4) is 0 Å². The van der Waals surface area contributed by atoms with E-state index in [4.69, 9.17) is 5.11 Å². The second-order valence-electron chi connectivity index (χ2n) is 4.82. The molecule has 1 aliphatic heterocycles. The third-order valence-corrected chi connectivity index (χ3v) is 3.44. The standard InChI is InChI=1S/C12H16N6O2/c19-10(20)8-16-3-1-4-17(7-6-16)11-12-15-14-9-18(12)5-2-13-11/h2,5,9H,1,3-4,6-8H2,(H,19,20). The van der Waals surface area contributed by atoms with Crippen LogP contribution < -0.4 is 4.90 Å². The molecule has 8 nitrogen and oxygen atoms in total. The van der Waals surface area contributed by atoms with E-state index in [0.29, 0.717) is 6.54 Å². The fraction of sp³-hybridized carbons (Fsp3) is 0.500. The van der Waals surface area contributed by atoms with E-state index in [9.17, 15) is 4.79 Å². The van der Waals surface area contributed by atoms with Gasteiger partial charge in [-0.1, -0.05) is 0 Å². The molecule has 0 unspecified atom stereocenters. The van der Waals surface area contributed by atoms with E-state index >= 15 is 0 Å². The number of aliphatic carboxylic acids is 1. The van der Waals surface area contributed by atoms with Crippen molar-refractivity contribution >= 4 is 17.4 Å². The van der Waals surface area contributed by atoms with E-state index in [1.807, 2.05) is 15.5 Å². The molecule has 2 aromatic rings. The molecule has 0 bridgehead atoms. The predicted molar refractivity (Wildman–Crippen MR) is 71.7 cm³/mol. The summed E-state index contributed by atoms with van der Waals surface area (Å²) in [6, 6.07) is 0. The number of carbonyl (C=O) groups is 1. The average Bonchev–Trinajstić information content (AvgIpc) is 2.79. The van der Waals surface area contributed by atoms with Crippen LogP contribution in [0.15, 0.2) is 18.7 Å². The van der Waals surface area contributed by atoms with Crippen LogP contribution in [0.1, 0.15) is 6.42 Å². The zero-order chi connectivity index (χ0) is 13.9. The fourth-order valence-corrected chi connectivity index (χ4v) is 2.50. The zero-order valence-corrected chi connectivity index (χ0v) is 11.0. The van der Waals surface area contributed by atoms with E-state index in [2.05, 4.69) is 20.1 Å². The van der Waals surface area contributed by atoms with Crippen LogP contribution in [0.2, 0.25) is 0 Å². The van der Waals surface area contributed by atoms with Crippen molar-refractivity contribution in [2.45, 2.75) is 6.42 Å². The molecule has 0 spiro atoms. The predicted octanol–water partition coefficient (Wildman–Crippen LogP) is -0.279. The van der Waals surface area contributed by atoms with Gasteiger partial charge in [-0.25, -0.2) is 4.98 Å². The minimum atomic E-state index is -0.781. The summed E-state index contributed by atoms with van der Waals surface area (Å²) in [7, 11) is 0. The minimum Gasteiger partial charge on any atom is -0.480 e. The molecule has 3 rings (SSSR count). The van der Waals surface area contributed by atoms with Crippen LogP contribution in [0.25, 0.3) is 5.65 Å². The molecule has 0 aromatic carbocycles. The Morgan fingerprint density at radius 1 is 1.30 bits per heavy atom. The van der Waals surface area contributed by atoms with Gasteiger partial charge in [-0.15, -0.1) is 10.2 Å². The number of carboxylic acid groups (broad SMARTS) is 1. The first kappa shape index (κ1) is 12.8. The highest BCUT2D eigenvalue weighted by Gasteiger charge is 2.19. The average molecular weight is 276 g/mol. The number of hydrogen-bond acceptors (Lipinski definition) is 6. The normalized spacial score (nSPS) is 17.3. The van der Waals surface area contributed by atoms with Crippen LogP contribution in [-0.2, 0) is 4.79 Å². The van der Waals surface area contributed by atoms with Gasteiger partial charge in [0.05, 0.1) is 6.54 Å². The van der Waals surface area contributed by atoms with Crippen LogP contribution in [0, 0.1) is 0 Å². The summed E-state index contributed by atoms with van der Waals surface area (Å²) in [5, 5.41) is 16.9. The lowest BCUT2D eigenvalue weighted by Crippen LogP contribution is -2.34. The molecule has 0 amide bonds. The summed E-state index contributed by atoms with van der Waals surface area (Å²) in [4.78, 5) is 19.3. The van der Waals surface area contributed by atoms with E-state index in [-0.39, 0.29) is 6.54 Å². The highest BCUT2D eigenvalue weighted by molar-refractivity contribution is 5.69. The maximum absolute atomic E-state index is 10.8. The third kappa shape index (κ3) is 2.55. The molecular formula is C12H16N6O2. The Bertz CT molecular complexity index is 613. The van der Waals surface area contributed by atoms with Gasteiger partial charge >= 0.3 is 5.97 Å². The van der Waals surface area contributed by atoms with Gasteiger partial charge in [0.25, 0.3) is 0 Å². The molecular weight excluding hydrogens is 260 g/mol. The zero-order valence-electron chi connectivity index (χ0n) is 11.0. The summed E-state index contributed by atoms with van der Waals surface area (Å²) in [5.74, 6) is 0.0262. The number of nitrogens with zero attached hydrogens (tertiary/aromatic N) is 6. The number of rotatable bonds is 3. The van der Waals surface area contributed by atoms with Crippen LogP contribution in [0.4, 0.5) is 5.82 Å². The summed E-state index contributed by atoms with van der Waals surface area (Å²) < 4.78 is 1.84. The van der Waals surface area contributed by atoms with Crippen molar-refractivity contribution in [2.24, 2.45) is 0 Å². The number of carboxylic acids is 1. The molecule has 1 aliphatic rings. The van der Waals surface area contributed by atoms with Crippen molar-refractivity contribution in [2.75, 3.05) is 37.6 Å². The number of aromatic nitrogens is 4. The SMILES string of the molecule is O=C(O)CN1CCCN(c2nccn3cnnc23)CC1. The molecule has 3 heterocycles. The van der Waals surface area contributed by atoms with Crippen LogP contribution in [-0.4, -0.2) is 68.3 Å². The summed E-state index contributed by atoms with van der Waals surface area (Å²) in [5.41, 5.74) is 0.735. The van der Waals surface area contributed by atoms with Crippen molar-refractivity contribution in [3.63, 3.8) is 0 Å². The first-order valence-corrected chi connectivity index (χ1v) is 6.57. The van der Waals surface area contributed by atoms with Crippen molar-refractivity contribution in [1.29, 1.82) is 0 Å². The smallest absolute Gasteiger partial charge is 0.317 e. The molecule has 20 heavy (non-hydrogen) atoms. The number of hydrogen-bond donors (Lipinski definition) is 1. The molecule has 1 saturated heterocycles. The summed E-state index contributed by atoms with van der Waals surface area (Å²) in [6.07, 6.45) is 6.10. The van der Waals surface area contributed by atoms with Crippen LogP contribution in [0.5, 0.6) is 0 Å². The Labute approximate surface area is 115 Å². The first-order chi connectivity index (χ1) is 9.74. The third-order valence-electron chi connectivity index (χ3n) is 3.44. The largest absolute Gasteiger partial charge is 0.480 e. The number of anilines is 1. The Kier molecular flexibility index (Phi) is 3.46. The van der Waals surface area contributed by atoms with Crippen LogP contribution >= 0.6 is 0 Å². The van der Waals surface area contributed by atoms with Gasteiger partial charge in [0.1, 0.15) is 6.33 Å². The molecule has 2 aromatic heterocycles. The van der Waals surface area contributed by atoms with E-state index in [1.54, 1.807) is 12.5 Å². The molecule has 1 fully saturated rings. The molecule has 8 heteroatoms. The lowest BCUT2D eigenvalue weighted by molar-refractivity contribution is -0.138. The van der Waals surface area contributed by atoms with Gasteiger partial charge < -0.3 is 10.0 Å². The van der Waals surface area contributed by atoms with Crippen molar-refractivity contribution < 1.29 is 9.90 Å². The lowest BCUT2D eigenvalue weighted by Gasteiger charge is -2.22. The minimum absolute atomic E-state index is 0.0937. The maximum atomic E-state index is 10.8. The lowest BCUT2D eigenvalue weighted by atomic mass is 10.4. The molecule has 106 valence electrons. The highest BCUT2D eigenvalue weighted by Crippen LogP contribution is 2.17. The monoisotopic (exact) mass is 276 g/mol. The Hall–Kier alpha value is -2.22. The van der Waals surface area contributed by atoms with E-state index in [1.165, 1.54) is 0 Å². The molecule has 0 saturated carbocycles. The van der Waals surface area contributed by atoms with Gasteiger partial charge in [-0.2, -0.15) is 0 Å². The van der Waals surface area contributed by atoms with E-state index < -0.39 is 5.97 Å². The van der Waals surface area contributed by atoms with Crippen molar-refractivity contribution in [3.8, 4) is 0 Å². The second-order valence-corrected chi connectivity index (χ2v) is 4.82. The van der Waals surface area contributed by atoms with Crippen molar-refractivity contribution in [3.05, 3.63) is 18.7 Å². The molecule has 0 atom stereocenters. The van der Waals surface area contributed by atoms with Gasteiger partial charge in [0.2, 0.25) is 5.65 Å². The molecule has 1 N–H and O–H groups in total. The first-order valence-electron chi connectivity index (χ1n) is 6.57. The van der Waals surface area contributed by atoms with E-state index in [0.717, 1.165) is 37.5 Å². The molecule has 0 radical (unpaired) electrons. The Morgan fingerprint density at radius 3 is 3.05 bits per heavy atom. The highest BCUT2D eigenvalue weighted by atomic mass is 16.4. The fourth-order valence-electron chi connectivity index (χ4n) is 2.50.